The van der Waals surface area contributed by atoms with Crippen molar-refractivity contribution < 1.29 is 10.0 Å². The Morgan fingerprint density at radius 1 is 2.00 bits per heavy atom. The molecule has 0 aliphatic heterocycles. The van der Waals surface area contributed by atoms with E-state index >= 15 is 0 Å². The summed E-state index contributed by atoms with van der Waals surface area (Å²) in [6, 6.07) is 1.72. The summed E-state index contributed by atoms with van der Waals surface area (Å²) in [7, 11) is 0. The summed E-state index contributed by atoms with van der Waals surface area (Å²) in [6.45, 7) is 1.14. The lowest BCUT2D eigenvalue weighted by Crippen LogP contribution is -2.43. The molecule has 0 aromatic heterocycles. The highest BCUT2D eigenvalue weighted by Crippen LogP contribution is 1.96. The van der Waals surface area contributed by atoms with E-state index in [1.807, 2.05) is 5.53 Å². The molecule has 0 unspecified atom stereocenters. The Hall–Kier alpha value is -1.00. The lowest BCUT2D eigenvalue weighted by atomic mass is 10.1. The van der Waals surface area contributed by atoms with Crippen LogP contribution in [0.5, 0.6) is 0 Å². The molecule has 11 heavy (non-hydrogen) atoms. The number of nitriles is 1. The summed E-state index contributed by atoms with van der Waals surface area (Å²) in [5.41, 5.74) is 1.87. The van der Waals surface area contributed by atoms with E-state index in [4.69, 9.17) is 16.3 Å². The van der Waals surface area contributed by atoms with Crippen LogP contribution >= 0.6 is 0 Å². The van der Waals surface area contributed by atoms with Gasteiger partial charge in [0.2, 0.25) is 0 Å². The Labute approximate surface area is 64.1 Å². The molecule has 0 saturated heterocycles. The molecule has 6 heteroatoms. The predicted octanol–water partition coefficient (Wildman–Crippen LogP) is -1.22. The fourth-order valence-electron chi connectivity index (χ4n) is 0.486. The minimum Gasteiger partial charge on any atom is -0.298 e. The Bertz CT molecular complexity index is 176. The molecule has 0 saturated carbocycles. The predicted molar refractivity (Wildman–Crippen MR) is 35.6 cm³/mol. The number of nitrogens with two attached hydrogens (primary N) is 1. The zero-order chi connectivity index (χ0) is 8.85. The fraction of sp³-hybridized carbons (Fsp3) is 0.600. The molecule has 0 aliphatic carbocycles. The van der Waals surface area contributed by atoms with Gasteiger partial charge in [0.15, 0.2) is 0 Å². The van der Waals surface area contributed by atoms with Gasteiger partial charge in [-0.3, -0.25) is 15.8 Å². The lowest BCUT2D eigenvalue weighted by Gasteiger charge is -2.13. The van der Waals surface area contributed by atoms with E-state index in [9.17, 15) is 4.79 Å². The van der Waals surface area contributed by atoms with Crippen molar-refractivity contribution in [1.82, 2.24) is 10.7 Å². The summed E-state index contributed by atoms with van der Waals surface area (Å²) in [5.74, 6) is 3.63. The molecule has 0 amide bonds. The minimum atomic E-state index is -0.851. The molecule has 0 radical (unpaired) electrons. The quantitative estimate of drug-likeness (QED) is 0.350. The second-order valence-corrected chi connectivity index (χ2v) is 2.00. The second-order valence-electron chi connectivity index (χ2n) is 2.00. The molecule has 0 fully saturated rings. The Morgan fingerprint density at radius 3 is 2.82 bits per heavy atom. The highest BCUT2D eigenvalue weighted by Gasteiger charge is 2.15. The van der Waals surface area contributed by atoms with Gasteiger partial charge in [0, 0.05) is 0 Å². The van der Waals surface area contributed by atoms with Crippen molar-refractivity contribution >= 4 is 5.78 Å². The molecule has 0 spiro atoms. The van der Waals surface area contributed by atoms with Crippen LogP contribution in [0.2, 0.25) is 0 Å². The molecule has 0 rings (SSSR count). The maximum absolute atomic E-state index is 10.6. The molecule has 0 aliphatic rings. The maximum Gasteiger partial charge on any atom is 0.148 e. The SMILES string of the molecule is CC(=O)[C@@H](C#N)CN(O)NN. The topological polar surface area (TPSA) is 102 Å². The first-order chi connectivity index (χ1) is 5.11. The highest BCUT2D eigenvalue weighted by molar-refractivity contribution is 5.80. The number of nitrogens with zero attached hydrogens (tertiary/aromatic N) is 2. The molecule has 0 bridgehead atoms. The van der Waals surface area contributed by atoms with Crippen LogP contribution in [-0.2, 0) is 4.79 Å². The Balaban J connectivity index is 3.91. The maximum atomic E-state index is 10.6. The van der Waals surface area contributed by atoms with Crippen molar-refractivity contribution in [3.8, 4) is 6.07 Å². The number of hydroxylamine groups is 1. The normalized spacial score (nSPS) is 12.6. The van der Waals surface area contributed by atoms with Gasteiger partial charge in [-0.15, -0.1) is 5.17 Å². The molecule has 0 heterocycles. The molecular weight excluding hydrogens is 148 g/mol. The third kappa shape index (κ3) is 3.64. The molecule has 0 aromatic rings. The second kappa shape index (κ2) is 4.76. The molecule has 4 N–H and O–H groups in total. The highest BCUT2D eigenvalue weighted by atomic mass is 16.5. The van der Waals surface area contributed by atoms with E-state index in [-0.39, 0.29) is 12.3 Å². The van der Waals surface area contributed by atoms with Crippen LogP contribution in [0, 0.1) is 17.2 Å². The largest absolute Gasteiger partial charge is 0.298 e. The molecule has 0 aromatic carbocycles. The van der Waals surface area contributed by atoms with Gasteiger partial charge in [-0.1, -0.05) is 0 Å². The number of Topliss-reactive ketones (excluding diaryl/α,β-unsaturated/α-hetero) is 1. The van der Waals surface area contributed by atoms with E-state index in [0.29, 0.717) is 5.17 Å². The number of nitrogens with one attached hydrogen (secondary N) is 1. The van der Waals surface area contributed by atoms with Gasteiger partial charge in [0.05, 0.1) is 12.6 Å². The number of hydrogen-bond donors (Lipinski definition) is 3. The summed E-state index contributed by atoms with van der Waals surface area (Å²) in [6.07, 6.45) is 0. The zero-order valence-electron chi connectivity index (χ0n) is 6.11. The molecule has 1 atom stereocenters. The van der Waals surface area contributed by atoms with Crippen molar-refractivity contribution in [2.45, 2.75) is 6.92 Å². The average molecular weight is 158 g/mol. The lowest BCUT2D eigenvalue weighted by molar-refractivity contribution is -0.149. The van der Waals surface area contributed by atoms with Gasteiger partial charge in [0.1, 0.15) is 11.7 Å². The number of carbonyl (C=O) groups is 1. The molecule has 6 nitrogen and oxygen atoms in total. The van der Waals surface area contributed by atoms with Crippen molar-refractivity contribution in [3.05, 3.63) is 0 Å². The zero-order valence-corrected chi connectivity index (χ0v) is 6.11. The third-order valence-electron chi connectivity index (χ3n) is 1.15. The smallest absolute Gasteiger partial charge is 0.148 e. The summed E-state index contributed by atoms with van der Waals surface area (Å²) < 4.78 is 0. The van der Waals surface area contributed by atoms with Gasteiger partial charge in [-0.05, 0) is 6.92 Å². The number of hydrazine groups is 2. The first-order valence-electron chi connectivity index (χ1n) is 2.94. The summed E-state index contributed by atoms with van der Waals surface area (Å²) in [4.78, 5) is 10.6. The summed E-state index contributed by atoms with van der Waals surface area (Å²) >= 11 is 0. The first-order valence-corrected chi connectivity index (χ1v) is 2.94. The van der Waals surface area contributed by atoms with Gasteiger partial charge >= 0.3 is 0 Å². The number of carbonyl (C=O) groups excluding carboxylic acids is 1. The average Bonchev–Trinajstić information content (AvgIpc) is 1.99. The molecule has 62 valence electrons. The standard InChI is InChI=1S/C5H10N4O2/c1-4(10)5(2-6)3-9(11)8-7/h5,8,11H,3,7H2,1H3/t5-/m0/s1. The first kappa shape index (κ1) is 10.0. The Kier molecular flexibility index (Phi) is 4.33. The van der Waals surface area contributed by atoms with Crippen LogP contribution < -0.4 is 11.4 Å². The fourth-order valence-corrected chi connectivity index (χ4v) is 0.486. The van der Waals surface area contributed by atoms with Crippen LogP contribution in [-0.4, -0.2) is 22.7 Å². The van der Waals surface area contributed by atoms with Gasteiger partial charge in [0.25, 0.3) is 0 Å². The third-order valence-corrected chi connectivity index (χ3v) is 1.15. The molecular formula is C5H10N4O2. The van der Waals surface area contributed by atoms with Crippen LogP contribution in [0.4, 0.5) is 0 Å². The van der Waals surface area contributed by atoms with Crippen molar-refractivity contribution in [2.75, 3.05) is 6.54 Å². The monoisotopic (exact) mass is 158 g/mol. The number of hydrogen-bond acceptors (Lipinski definition) is 6. The van der Waals surface area contributed by atoms with Crippen molar-refractivity contribution in [3.63, 3.8) is 0 Å². The van der Waals surface area contributed by atoms with Crippen LogP contribution in [0.3, 0.4) is 0 Å². The van der Waals surface area contributed by atoms with Gasteiger partial charge < -0.3 is 0 Å². The van der Waals surface area contributed by atoms with Crippen molar-refractivity contribution in [1.29, 1.82) is 5.26 Å². The minimum absolute atomic E-state index is 0.137. The van der Waals surface area contributed by atoms with E-state index < -0.39 is 5.92 Å². The number of ketones is 1. The van der Waals surface area contributed by atoms with E-state index in [2.05, 4.69) is 0 Å². The van der Waals surface area contributed by atoms with E-state index in [1.165, 1.54) is 6.92 Å². The van der Waals surface area contributed by atoms with Gasteiger partial charge in [-0.2, -0.15) is 10.8 Å². The van der Waals surface area contributed by atoms with Gasteiger partial charge in [-0.25, -0.2) is 0 Å². The van der Waals surface area contributed by atoms with Crippen LogP contribution in [0.1, 0.15) is 6.92 Å². The van der Waals surface area contributed by atoms with Crippen LogP contribution in [0.25, 0.3) is 0 Å². The van der Waals surface area contributed by atoms with E-state index in [1.54, 1.807) is 6.07 Å². The Morgan fingerprint density at radius 2 is 2.55 bits per heavy atom. The number of rotatable bonds is 4. The van der Waals surface area contributed by atoms with Crippen molar-refractivity contribution in [2.24, 2.45) is 11.8 Å². The van der Waals surface area contributed by atoms with E-state index in [0.717, 1.165) is 0 Å². The summed E-state index contributed by atoms with van der Waals surface area (Å²) in [5, 5.41) is 17.5. The van der Waals surface area contributed by atoms with Crippen LogP contribution in [0.15, 0.2) is 0 Å².